The van der Waals surface area contributed by atoms with Gasteiger partial charge in [0, 0.05) is 18.8 Å². The zero-order valence-corrected chi connectivity index (χ0v) is 9.96. The third kappa shape index (κ3) is 2.46. The molecule has 0 aliphatic heterocycles. The van der Waals surface area contributed by atoms with Crippen molar-refractivity contribution in [1.82, 2.24) is 15.2 Å². The molecule has 0 fully saturated rings. The van der Waals surface area contributed by atoms with Crippen LogP contribution in [0.3, 0.4) is 0 Å². The molecule has 0 aliphatic rings. The molecule has 0 bridgehead atoms. The summed E-state index contributed by atoms with van der Waals surface area (Å²) in [6.45, 7) is 9.99. The Morgan fingerprint density at radius 2 is 2.20 bits per heavy atom. The monoisotopic (exact) mass is 208 g/mol. The predicted molar refractivity (Wildman–Crippen MR) is 62.3 cm³/mol. The first kappa shape index (κ1) is 11.9. The molecular weight excluding hydrogens is 188 g/mol. The molecule has 1 aromatic heterocycles. The van der Waals surface area contributed by atoms with Crippen molar-refractivity contribution in [2.75, 3.05) is 0 Å². The van der Waals surface area contributed by atoms with E-state index in [2.05, 4.69) is 24.0 Å². The zero-order chi connectivity index (χ0) is 11.6. The summed E-state index contributed by atoms with van der Waals surface area (Å²) in [5.74, 6) is 5.49. The average molecular weight is 208 g/mol. The second-order valence-electron chi connectivity index (χ2n) is 4.04. The van der Waals surface area contributed by atoms with Gasteiger partial charge in [0.25, 0.3) is 0 Å². The van der Waals surface area contributed by atoms with E-state index in [1.54, 1.807) is 0 Å². The first-order valence-electron chi connectivity index (χ1n) is 5.08. The van der Waals surface area contributed by atoms with E-state index in [1.807, 2.05) is 25.6 Å². The molecule has 0 saturated heterocycles. The number of aromatic nitrogens is 2. The fourth-order valence-electron chi connectivity index (χ4n) is 1.69. The standard InChI is InChI=1S/C11H20N4/c1-7(2)11(13-12)6-10-8(3)14-15(5)9(10)4/h11,13H,1,6,12H2,2-5H3. The smallest absolute Gasteiger partial charge is 0.0629 e. The number of rotatable bonds is 4. The van der Waals surface area contributed by atoms with Gasteiger partial charge in [-0.15, -0.1) is 0 Å². The first-order chi connectivity index (χ1) is 6.97. The lowest BCUT2D eigenvalue weighted by Crippen LogP contribution is -2.37. The molecular formula is C11H20N4. The van der Waals surface area contributed by atoms with Crippen LogP contribution in [-0.4, -0.2) is 15.8 Å². The maximum atomic E-state index is 5.49. The van der Waals surface area contributed by atoms with E-state index < -0.39 is 0 Å². The van der Waals surface area contributed by atoms with Crippen LogP contribution in [0.1, 0.15) is 23.9 Å². The summed E-state index contributed by atoms with van der Waals surface area (Å²) in [5.41, 5.74) is 7.33. The van der Waals surface area contributed by atoms with Crippen LogP contribution in [0.2, 0.25) is 0 Å². The Morgan fingerprint density at radius 3 is 2.53 bits per heavy atom. The molecule has 4 nitrogen and oxygen atoms in total. The molecule has 1 heterocycles. The minimum absolute atomic E-state index is 0.117. The summed E-state index contributed by atoms with van der Waals surface area (Å²) in [5, 5.41) is 4.38. The maximum absolute atomic E-state index is 5.49. The van der Waals surface area contributed by atoms with Crippen LogP contribution in [0.5, 0.6) is 0 Å². The lowest BCUT2D eigenvalue weighted by molar-refractivity contribution is 0.588. The van der Waals surface area contributed by atoms with Crippen LogP contribution in [0.25, 0.3) is 0 Å². The highest BCUT2D eigenvalue weighted by molar-refractivity contribution is 5.27. The first-order valence-corrected chi connectivity index (χ1v) is 5.08. The third-order valence-electron chi connectivity index (χ3n) is 2.86. The summed E-state index contributed by atoms with van der Waals surface area (Å²) in [7, 11) is 1.96. The van der Waals surface area contributed by atoms with E-state index in [1.165, 1.54) is 11.3 Å². The highest BCUT2D eigenvalue weighted by Gasteiger charge is 2.15. The minimum atomic E-state index is 0.117. The lowest BCUT2D eigenvalue weighted by atomic mass is 10.0. The Balaban J connectivity index is 2.92. The highest BCUT2D eigenvalue weighted by atomic mass is 15.3. The van der Waals surface area contributed by atoms with Crippen molar-refractivity contribution in [3.63, 3.8) is 0 Å². The maximum Gasteiger partial charge on any atom is 0.0629 e. The summed E-state index contributed by atoms with van der Waals surface area (Å²) in [6.07, 6.45) is 0.845. The predicted octanol–water partition coefficient (Wildman–Crippen LogP) is 0.987. The van der Waals surface area contributed by atoms with Crippen LogP contribution < -0.4 is 11.3 Å². The third-order valence-corrected chi connectivity index (χ3v) is 2.86. The van der Waals surface area contributed by atoms with Gasteiger partial charge in [-0.2, -0.15) is 5.10 Å². The molecule has 15 heavy (non-hydrogen) atoms. The van der Waals surface area contributed by atoms with Crippen LogP contribution in [0.15, 0.2) is 12.2 Å². The quantitative estimate of drug-likeness (QED) is 0.441. The van der Waals surface area contributed by atoms with Crippen molar-refractivity contribution in [1.29, 1.82) is 0 Å². The SMILES string of the molecule is C=C(C)C(Cc1c(C)nn(C)c1C)NN. The molecule has 4 heteroatoms. The van der Waals surface area contributed by atoms with Crippen molar-refractivity contribution < 1.29 is 0 Å². The number of nitrogens with two attached hydrogens (primary N) is 1. The Labute approximate surface area is 91.1 Å². The van der Waals surface area contributed by atoms with Crippen LogP contribution in [-0.2, 0) is 13.5 Å². The van der Waals surface area contributed by atoms with Gasteiger partial charge < -0.3 is 0 Å². The van der Waals surface area contributed by atoms with Crippen molar-refractivity contribution in [3.05, 3.63) is 29.1 Å². The molecule has 0 amide bonds. The topological polar surface area (TPSA) is 55.9 Å². The molecule has 84 valence electrons. The van der Waals surface area contributed by atoms with Crippen LogP contribution in [0.4, 0.5) is 0 Å². The summed E-state index contributed by atoms with van der Waals surface area (Å²) < 4.78 is 1.90. The molecule has 1 rings (SSSR count). The van der Waals surface area contributed by atoms with Gasteiger partial charge in [-0.05, 0) is 32.8 Å². The number of aryl methyl sites for hydroxylation is 2. The molecule has 0 saturated carbocycles. The fraction of sp³-hybridized carbons (Fsp3) is 0.545. The normalized spacial score (nSPS) is 12.9. The van der Waals surface area contributed by atoms with Crippen LogP contribution in [0, 0.1) is 13.8 Å². The number of nitrogens with zero attached hydrogens (tertiary/aromatic N) is 2. The molecule has 0 aliphatic carbocycles. The molecule has 0 spiro atoms. The Bertz CT molecular complexity index is 365. The van der Waals surface area contributed by atoms with E-state index in [-0.39, 0.29) is 6.04 Å². The van der Waals surface area contributed by atoms with Gasteiger partial charge in [-0.1, -0.05) is 12.2 Å². The second kappa shape index (κ2) is 4.59. The van der Waals surface area contributed by atoms with Gasteiger partial charge in [0.2, 0.25) is 0 Å². The van der Waals surface area contributed by atoms with Gasteiger partial charge in [0.1, 0.15) is 0 Å². The van der Waals surface area contributed by atoms with Gasteiger partial charge in [-0.3, -0.25) is 16.0 Å². The van der Waals surface area contributed by atoms with E-state index in [0.29, 0.717) is 0 Å². The van der Waals surface area contributed by atoms with E-state index >= 15 is 0 Å². The van der Waals surface area contributed by atoms with Gasteiger partial charge in [0.05, 0.1) is 5.69 Å². The average Bonchev–Trinajstić information content (AvgIpc) is 2.39. The molecule has 1 unspecified atom stereocenters. The zero-order valence-electron chi connectivity index (χ0n) is 9.96. The van der Waals surface area contributed by atoms with Gasteiger partial charge >= 0.3 is 0 Å². The fourth-order valence-corrected chi connectivity index (χ4v) is 1.69. The lowest BCUT2D eigenvalue weighted by Gasteiger charge is -2.15. The summed E-state index contributed by atoms with van der Waals surface area (Å²) >= 11 is 0. The number of hydrogen-bond donors (Lipinski definition) is 2. The van der Waals surface area contributed by atoms with E-state index in [4.69, 9.17) is 5.84 Å². The number of hydrazine groups is 1. The van der Waals surface area contributed by atoms with Gasteiger partial charge in [-0.25, -0.2) is 0 Å². The van der Waals surface area contributed by atoms with E-state index in [9.17, 15) is 0 Å². The molecule has 0 aromatic carbocycles. The Hall–Kier alpha value is -1.13. The summed E-state index contributed by atoms with van der Waals surface area (Å²) in [4.78, 5) is 0. The Kier molecular flexibility index (Phi) is 3.66. The summed E-state index contributed by atoms with van der Waals surface area (Å²) in [6, 6.07) is 0.117. The largest absolute Gasteiger partial charge is 0.272 e. The van der Waals surface area contributed by atoms with Crippen molar-refractivity contribution in [2.45, 2.75) is 33.2 Å². The number of nitrogens with one attached hydrogen (secondary N) is 1. The van der Waals surface area contributed by atoms with Crippen molar-refractivity contribution in [3.8, 4) is 0 Å². The number of hydrogen-bond acceptors (Lipinski definition) is 3. The molecule has 0 radical (unpaired) electrons. The second-order valence-corrected chi connectivity index (χ2v) is 4.04. The van der Waals surface area contributed by atoms with Crippen molar-refractivity contribution in [2.24, 2.45) is 12.9 Å². The molecule has 3 N–H and O–H groups in total. The van der Waals surface area contributed by atoms with E-state index in [0.717, 1.165) is 17.7 Å². The van der Waals surface area contributed by atoms with Gasteiger partial charge in [0.15, 0.2) is 0 Å². The molecule has 1 aromatic rings. The van der Waals surface area contributed by atoms with Crippen molar-refractivity contribution >= 4 is 0 Å². The Morgan fingerprint density at radius 1 is 1.60 bits per heavy atom. The van der Waals surface area contributed by atoms with Crippen LogP contribution >= 0.6 is 0 Å². The minimum Gasteiger partial charge on any atom is -0.272 e. The highest BCUT2D eigenvalue weighted by Crippen LogP contribution is 2.16. The molecule has 1 atom stereocenters.